The first kappa shape index (κ1) is 15.6. The van der Waals surface area contributed by atoms with Crippen molar-refractivity contribution in [2.24, 2.45) is 0 Å². The number of benzene rings is 1. The fraction of sp³-hybridized carbons (Fsp3) is 0.533. The number of carbonyl (C=O) groups is 1. The normalized spacial score (nSPS) is 16.5. The standard InChI is InChI=1S/C15H23N3O3/c1-3-21-15(19)11-4-5-13(17-20)14(10-11)16-12-6-8-18(2)9-7-12/h4-5,10,12,16-17,20H,3,6-9H2,1-2H3. The average molecular weight is 293 g/mol. The first-order chi connectivity index (χ1) is 10.1. The number of hydrogen-bond acceptors (Lipinski definition) is 6. The van der Waals surface area contributed by atoms with E-state index in [4.69, 9.17) is 4.74 Å². The Balaban J connectivity index is 2.12. The number of carbonyl (C=O) groups excluding carboxylic acids is 1. The van der Waals surface area contributed by atoms with Gasteiger partial charge >= 0.3 is 5.97 Å². The van der Waals surface area contributed by atoms with Crippen molar-refractivity contribution in [2.75, 3.05) is 37.5 Å². The van der Waals surface area contributed by atoms with Crippen LogP contribution < -0.4 is 10.8 Å². The minimum atomic E-state index is -0.353. The number of likely N-dealkylation sites (tertiary alicyclic amines) is 1. The first-order valence-electron chi connectivity index (χ1n) is 7.30. The van der Waals surface area contributed by atoms with Gasteiger partial charge < -0.3 is 15.0 Å². The Morgan fingerprint density at radius 2 is 2.10 bits per heavy atom. The third-order valence-electron chi connectivity index (χ3n) is 3.73. The van der Waals surface area contributed by atoms with Gasteiger partial charge in [-0.15, -0.1) is 0 Å². The van der Waals surface area contributed by atoms with Gasteiger partial charge in [-0.1, -0.05) is 0 Å². The molecule has 6 nitrogen and oxygen atoms in total. The zero-order valence-corrected chi connectivity index (χ0v) is 12.6. The van der Waals surface area contributed by atoms with E-state index >= 15 is 0 Å². The first-order valence-corrected chi connectivity index (χ1v) is 7.30. The molecule has 1 aliphatic rings. The molecular formula is C15H23N3O3. The van der Waals surface area contributed by atoms with Gasteiger partial charge in [0.2, 0.25) is 0 Å². The molecule has 116 valence electrons. The lowest BCUT2D eigenvalue weighted by Crippen LogP contribution is -2.36. The zero-order valence-electron chi connectivity index (χ0n) is 12.6. The molecule has 0 bridgehead atoms. The zero-order chi connectivity index (χ0) is 15.2. The van der Waals surface area contributed by atoms with Crippen LogP contribution in [0.4, 0.5) is 11.4 Å². The Morgan fingerprint density at radius 1 is 1.38 bits per heavy atom. The van der Waals surface area contributed by atoms with Crippen LogP contribution in [0.2, 0.25) is 0 Å². The van der Waals surface area contributed by atoms with E-state index in [1.807, 2.05) is 0 Å². The van der Waals surface area contributed by atoms with Crippen LogP contribution >= 0.6 is 0 Å². The number of anilines is 2. The van der Waals surface area contributed by atoms with Crippen molar-refractivity contribution in [3.8, 4) is 0 Å². The van der Waals surface area contributed by atoms with Gasteiger partial charge in [-0.2, -0.15) is 0 Å². The molecule has 0 spiro atoms. The van der Waals surface area contributed by atoms with E-state index in [1.54, 1.807) is 25.1 Å². The molecule has 0 atom stereocenters. The molecule has 0 aliphatic carbocycles. The van der Waals surface area contributed by atoms with E-state index in [1.165, 1.54) is 0 Å². The summed E-state index contributed by atoms with van der Waals surface area (Å²) < 4.78 is 5.00. The Hall–Kier alpha value is -1.79. The predicted octanol–water partition coefficient (Wildman–Crippen LogP) is 2.17. The summed E-state index contributed by atoms with van der Waals surface area (Å²) in [5, 5.41) is 12.6. The van der Waals surface area contributed by atoms with Crippen LogP contribution in [0.3, 0.4) is 0 Å². The second-order valence-corrected chi connectivity index (χ2v) is 5.31. The van der Waals surface area contributed by atoms with Crippen molar-refractivity contribution < 1.29 is 14.7 Å². The molecule has 2 rings (SSSR count). The van der Waals surface area contributed by atoms with Crippen LogP contribution in [0.1, 0.15) is 30.1 Å². The molecule has 0 radical (unpaired) electrons. The molecule has 0 amide bonds. The summed E-state index contributed by atoms with van der Waals surface area (Å²) >= 11 is 0. The molecule has 3 N–H and O–H groups in total. The molecule has 1 heterocycles. The number of nitrogens with zero attached hydrogens (tertiary/aromatic N) is 1. The van der Waals surface area contributed by atoms with Crippen molar-refractivity contribution in [2.45, 2.75) is 25.8 Å². The molecule has 1 fully saturated rings. The third kappa shape index (κ3) is 4.09. The van der Waals surface area contributed by atoms with Crippen LogP contribution in [0, 0.1) is 0 Å². The highest BCUT2D eigenvalue weighted by Crippen LogP contribution is 2.26. The summed E-state index contributed by atoms with van der Waals surface area (Å²) in [7, 11) is 2.11. The van der Waals surface area contributed by atoms with Gasteiger partial charge in [0, 0.05) is 6.04 Å². The van der Waals surface area contributed by atoms with E-state index in [0.29, 0.717) is 23.9 Å². The van der Waals surface area contributed by atoms with Crippen LogP contribution in [0.25, 0.3) is 0 Å². The SMILES string of the molecule is CCOC(=O)c1ccc(NO)c(NC2CCN(C)CC2)c1. The van der Waals surface area contributed by atoms with Gasteiger partial charge in [0.25, 0.3) is 0 Å². The summed E-state index contributed by atoms with van der Waals surface area (Å²) in [6.45, 7) is 4.20. The third-order valence-corrected chi connectivity index (χ3v) is 3.73. The van der Waals surface area contributed by atoms with Gasteiger partial charge in [-0.3, -0.25) is 10.7 Å². The number of rotatable bonds is 5. The number of hydrogen-bond donors (Lipinski definition) is 3. The Kier molecular flexibility index (Phi) is 5.41. The number of esters is 1. The van der Waals surface area contributed by atoms with Crippen LogP contribution in [-0.4, -0.2) is 48.9 Å². The molecule has 21 heavy (non-hydrogen) atoms. The topological polar surface area (TPSA) is 73.8 Å². The van der Waals surface area contributed by atoms with Crippen molar-refractivity contribution >= 4 is 17.3 Å². The largest absolute Gasteiger partial charge is 0.462 e. The highest BCUT2D eigenvalue weighted by molar-refractivity contribution is 5.92. The van der Waals surface area contributed by atoms with Crippen molar-refractivity contribution in [3.05, 3.63) is 23.8 Å². The maximum absolute atomic E-state index is 11.8. The van der Waals surface area contributed by atoms with Crippen LogP contribution in [0.5, 0.6) is 0 Å². The lowest BCUT2D eigenvalue weighted by Gasteiger charge is -2.30. The predicted molar refractivity (Wildman–Crippen MR) is 81.9 cm³/mol. The highest BCUT2D eigenvalue weighted by Gasteiger charge is 2.18. The van der Waals surface area contributed by atoms with Crippen molar-refractivity contribution in [1.82, 2.24) is 4.90 Å². The number of piperidine rings is 1. The fourth-order valence-electron chi connectivity index (χ4n) is 2.48. The second kappa shape index (κ2) is 7.28. The maximum Gasteiger partial charge on any atom is 0.338 e. The Morgan fingerprint density at radius 3 is 2.71 bits per heavy atom. The highest BCUT2D eigenvalue weighted by atomic mass is 16.5. The maximum atomic E-state index is 11.8. The fourth-order valence-corrected chi connectivity index (χ4v) is 2.48. The van der Waals surface area contributed by atoms with Crippen molar-refractivity contribution in [3.63, 3.8) is 0 Å². The monoisotopic (exact) mass is 293 g/mol. The van der Waals surface area contributed by atoms with Crippen LogP contribution in [0.15, 0.2) is 18.2 Å². The molecular weight excluding hydrogens is 270 g/mol. The summed E-state index contributed by atoms with van der Waals surface area (Å²) in [4.78, 5) is 14.1. The van der Waals surface area contributed by atoms with Gasteiger partial charge in [-0.05, 0) is 58.1 Å². The van der Waals surface area contributed by atoms with Crippen molar-refractivity contribution in [1.29, 1.82) is 0 Å². The molecule has 1 aromatic rings. The molecule has 0 saturated carbocycles. The molecule has 6 heteroatoms. The Bertz CT molecular complexity index is 485. The molecule has 0 unspecified atom stereocenters. The summed E-state index contributed by atoms with van der Waals surface area (Å²) in [6.07, 6.45) is 2.07. The second-order valence-electron chi connectivity index (χ2n) is 5.31. The smallest absolute Gasteiger partial charge is 0.338 e. The average Bonchev–Trinajstić information content (AvgIpc) is 2.50. The molecule has 1 aromatic carbocycles. The van der Waals surface area contributed by atoms with E-state index in [0.717, 1.165) is 31.6 Å². The summed E-state index contributed by atoms with van der Waals surface area (Å²) in [5.41, 5.74) is 3.92. The van der Waals surface area contributed by atoms with Crippen LogP contribution in [-0.2, 0) is 4.74 Å². The van der Waals surface area contributed by atoms with E-state index in [2.05, 4.69) is 22.7 Å². The minimum absolute atomic E-state index is 0.339. The molecule has 1 saturated heterocycles. The van der Waals surface area contributed by atoms with Gasteiger partial charge in [0.1, 0.15) is 0 Å². The van der Waals surface area contributed by atoms with E-state index in [9.17, 15) is 10.0 Å². The molecule has 1 aliphatic heterocycles. The lowest BCUT2D eigenvalue weighted by atomic mass is 10.0. The summed E-state index contributed by atoms with van der Waals surface area (Å²) in [5.74, 6) is -0.353. The van der Waals surface area contributed by atoms with E-state index < -0.39 is 0 Å². The minimum Gasteiger partial charge on any atom is -0.462 e. The lowest BCUT2D eigenvalue weighted by molar-refractivity contribution is 0.0526. The van der Waals surface area contributed by atoms with Gasteiger partial charge in [0.15, 0.2) is 0 Å². The summed E-state index contributed by atoms with van der Waals surface area (Å²) in [6, 6.07) is 5.36. The van der Waals surface area contributed by atoms with Gasteiger partial charge in [-0.25, -0.2) is 4.79 Å². The Labute approximate surface area is 125 Å². The van der Waals surface area contributed by atoms with E-state index in [-0.39, 0.29) is 5.97 Å². The number of nitrogens with one attached hydrogen (secondary N) is 2. The number of ether oxygens (including phenoxy) is 1. The quantitative estimate of drug-likeness (QED) is 0.571. The van der Waals surface area contributed by atoms with Gasteiger partial charge in [0.05, 0.1) is 23.5 Å². The molecule has 0 aromatic heterocycles.